The van der Waals surface area contributed by atoms with Crippen LogP contribution in [0.15, 0.2) is 84.9 Å². The van der Waals surface area contributed by atoms with Gasteiger partial charge in [0.05, 0.1) is 0 Å². The minimum Gasteiger partial charge on any atom is -0.340 e. The van der Waals surface area contributed by atoms with Crippen LogP contribution in [0.25, 0.3) is 17.2 Å². The molecule has 0 bridgehead atoms. The molecular weight excluding hydrogens is 422 g/mol. The summed E-state index contributed by atoms with van der Waals surface area (Å²) in [5.41, 5.74) is 11.1. The number of likely N-dealkylation sites (tertiary alicyclic amines) is 1. The summed E-state index contributed by atoms with van der Waals surface area (Å²) < 4.78 is 0. The molecule has 0 spiro atoms. The average Bonchev–Trinajstić information content (AvgIpc) is 3.33. The number of amides is 2. The first kappa shape index (κ1) is 23.5. The molecule has 1 aliphatic heterocycles. The van der Waals surface area contributed by atoms with E-state index in [1.807, 2.05) is 54.6 Å². The van der Waals surface area contributed by atoms with Crippen LogP contribution >= 0.6 is 0 Å². The van der Waals surface area contributed by atoms with Crippen LogP contribution in [-0.2, 0) is 16.0 Å². The first-order valence-electron chi connectivity index (χ1n) is 11.8. The van der Waals surface area contributed by atoms with Crippen molar-refractivity contribution >= 4 is 23.6 Å². The van der Waals surface area contributed by atoms with Crippen molar-refractivity contribution in [3.05, 3.63) is 96.1 Å². The van der Waals surface area contributed by atoms with Gasteiger partial charge in [0.15, 0.2) is 0 Å². The monoisotopic (exact) mass is 453 g/mol. The van der Waals surface area contributed by atoms with E-state index < -0.39 is 0 Å². The molecule has 0 radical (unpaired) electrons. The predicted octanol–water partition coefficient (Wildman–Crippen LogP) is 4.52. The van der Waals surface area contributed by atoms with Gasteiger partial charge in [0, 0.05) is 30.9 Å². The van der Waals surface area contributed by atoms with E-state index in [4.69, 9.17) is 5.73 Å². The lowest BCUT2D eigenvalue weighted by molar-refractivity contribution is -0.130. The van der Waals surface area contributed by atoms with Crippen LogP contribution in [0, 0.1) is 0 Å². The predicted molar refractivity (Wildman–Crippen MR) is 138 cm³/mol. The molecule has 2 amide bonds. The number of nitrogens with two attached hydrogens (primary N) is 1. The zero-order valence-electron chi connectivity index (χ0n) is 19.6. The summed E-state index contributed by atoms with van der Waals surface area (Å²) in [5.74, 6) is -0.324. The molecule has 1 atom stereocenters. The normalized spacial score (nSPS) is 15.6. The summed E-state index contributed by atoms with van der Waals surface area (Å²) in [6, 6.07) is 25.9. The minimum atomic E-state index is -0.235. The van der Waals surface area contributed by atoms with Gasteiger partial charge >= 0.3 is 0 Å². The van der Waals surface area contributed by atoms with Crippen molar-refractivity contribution in [1.82, 2.24) is 4.90 Å². The molecule has 5 nitrogen and oxygen atoms in total. The molecule has 1 heterocycles. The number of carbonyl (C=O) groups is 2. The molecule has 4 rings (SSSR count). The largest absolute Gasteiger partial charge is 0.340 e. The molecule has 0 aliphatic carbocycles. The van der Waals surface area contributed by atoms with Crippen molar-refractivity contribution in [3.8, 4) is 11.1 Å². The van der Waals surface area contributed by atoms with E-state index in [0.29, 0.717) is 18.8 Å². The fourth-order valence-corrected chi connectivity index (χ4v) is 4.17. The van der Waals surface area contributed by atoms with Crippen LogP contribution in [0.4, 0.5) is 5.69 Å². The number of nitrogens with zero attached hydrogens (tertiary/aromatic N) is 2. The van der Waals surface area contributed by atoms with Crippen LogP contribution in [-0.4, -0.2) is 42.4 Å². The van der Waals surface area contributed by atoms with Crippen molar-refractivity contribution in [2.75, 3.05) is 24.5 Å². The third-order valence-corrected chi connectivity index (χ3v) is 6.20. The molecule has 3 aromatic carbocycles. The van der Waals surface area contributed by atoms with Crippen LogP contribution < -0.4 is 10.6 Å². The second-order valence-electron chi connectivity index (χ2n) is 8.66. The highest BCUT2D eigenvalue weighted by Crippen LogP contribution is 2.25. The first-order chi connectivity index (χ1) is 16.5. The van der Waals surface area contributed by atoms with E-state index in [0.717, 1.165) is 29.5 Å². The topological polar surface area (TPSA) is 66.6 Å². The molecule has 0 saturated carbocycles. The van der Waals surface area contributed by atoms with Crippen LogP contribution in [0.5, 0.6) is 0 Å². The van der Waals surface area contributed by atoms with Gasteiger partial charge in [-0.3, -0.25) is 14.5 Å². The molecule has 0 unspecified atom stereocenters. The molecule has 1 saturated heterocycles. The fourth-order valence-electron chi connectivity index (χ4n) is 4.17. The third kappa shape index (κ3) is 5.80. The Balaban J connectivity index is 1.58. The van der Waals surface area contributed by atoms with E-state index in [1.54, 1.807) is 11.0 Å². The Morgan fingerprint density at radius 3 is 2.44 bits per heavy atom. The van der Waals surface area contributed by atoms with Crippen LogP contribution in [0.2, 0.25) is 0 Å². The lowest BCUT2D eigenvalue weighted by Crippen LogP contribution is -2.42. The number of benzene rings is 3. The smallest absolute Gasteiger partial charge is 0.251 e. The Hall–Kier alpha value is -3.70. The fraction of sp³-hybridized carbons (Fsp3) is 0.241. The molecule has 0 aromatic heterocycles. The summed E-state index contributed by atoms with van der Waals surface area (Å²) in [6.07, 6.45) is 5.07. The Morgan fingerprint density at radius 2 is 1.76 bits per heavy atom. The SMILES string of the molecule is CCc1cccc(-c2ccc(N(CC(=O)N3CC[C@H](N)C3)C(=O)/C=C/c3ccccc3)cc2)c1. The Kier molecular flexibility index (Phi) is 7.55. The van der Waals surface area contributed by atoms with Gasteiger partial charge in [0.2, 0.25) is 5.91 Å². The van der Waals surface area contributed by atoms with Crippen LogP contribution in [0.1, 0.15) is 24.5 Å². The van der Waals surface area contributed by atoms with Crippen molar-refractivity contribution in [3.63, 3.8) is 0 Å². The molecule has 34 heavy (non-hydrogen) atoms. The lowest BCUT2D eigenvalue weighted by Gasteiger charge is -2.24. The molecule has 5 heteroatoms. The highest BCUT2D eigenvalue weighted by atomic mass is 16.2. The van der Waals surface area contributed by atoms with Gasteiger partial charge < -0.3 is 10.6 Å². The minimum absolute atomic E-state index is 0.00393. The van der Waals surface area contributed by atoms with Gasteiger partial charge in [0.25, 0.3) is 5.91 Å². The Bertz CT molecular complexity index is 1160. The highest BCUT2D eigenvalue weighted by molar-refractivity contribution is 6.06. The van der Waals surface area contributed by atoms with E-state index in [1.165, 1.54) is 16.5 Å². The van der Waals surface area contributed by atoms with Gasteiger partial charge in [-0.05, 0) is 53.3 Å². The van der Waals surface area contributed by atoms with Gasteiger partial charge in [-0.1, -0.05) is 73.7 Å². The number of aryl methyl sites for hydroxylation is 1. The zero-order valence-corrected chi connectivity index (χ0v) is 19.6. The standard InChI is InChI=1S/C29H31N3O2/c1-2-22-9-6-10-25(19-22)24-12-14-27(15-13-24)32(21-29(34)31-18-17-26(30)20-31)28(33)16-11-23-7-4-3-5-8-23/h3-16,19,26H,2,17-18,20-21,30H2,1H3/b16-11+/t26-/m0/s1. The number of rotatable bonds is 7. The van der Waals surface area contributed by atoms with Crippen molar-refractivity contribution < 1.29 is 9.59 Å². The van der Waals surface area contributed by atoms with Crippen molar-refractivity contribution in [1.29, 1.82) is 0 Å². The quantitative estimate of drug-likeness (QED) is 0.535. The van der Waals surface area contributed by atoms with Crippen molar-refractivity contribution in [2.45, 2.75) is 25.8 Å². The second kappa shape index (κ2) is 10.9. The number of carbonyl (C=O) groups excluding carboxylic acids is 2. The van der Waals surface area contributed by atoms with Gasteiger partial charge in [-0.2, -0.15) is 0 Å². The maximum absolute atomic E-state index is 13.2. The van der Waals surface area contributed by atoms with Crippen LogP contribution in [0.3, 0.4) is 0 Å². The summed E-state index contributed by atoms with van der Waals surface area (Å²) >= 11 is 0. The average molecular weight is 454 g/mol. The second-order valence-corrected chi connectivity index (χ2v) is 8.66. The molecule has 3 aromatic rings. The number of anilines is 1. The number of hydrogen-bond acceptors (Lipinski definition) is 3. The summed E-state index contributed by atoms with van der Waals surface area (Å²) in [6.45, 7) is 3.29. The zero-order chi connectivity index (χ0) is 23.9. The summed E-state index contributed by atoms with van der Waals surface area (Å²) in [4.78, 5) is 29.5. The third-order valence-electron chi connectivity index (χ3n) is 6.20. The van der Waals surface area contributed by atoms with E-state index in [9.17, 15) is 9.59 Å². The first-order valence-corrected chi connectivity index (χ1v) is 11.8. The lowest BCUT2D eigenvalue weighted by atomic mass is 10.0. The molecule has 1 fully saturated rings. The van der Waals surface area contributed by atoms with Gasteiger partial charge in [-0.15, -0.1) is 0 Å². The van der Waals surface area contributed by atoms with E-state index >= 15 is 0 Å². The maximum atomic E-state index is 13.2. The summed E-state index contributed by atoms with van der Waals surface area (Å²) in [7, 11) is 0. The van der Waals surface area contributed by atoms with Gasteiger partial charge in [-0.25, -0.2) is 0 Å². The molecule has 2 N–H and O–H groups in total. The Labute approximate surface area is 201 Å². The maximum Gasteiger partial charge on any atom is 0.251 e. The highest BCUT2D eigenvalue weighted by Gasteiger charge is 2.26. The van der Waals surface area contributed by atoms with E-state index in [2.05, 4.69) is 31.2 Å². The molecule has 174 valence electrons. The van der Waals surface area contributed by atoms with E-state index in [-0.39, 0.29) is 24.4 Å². The summed E-state index contributed by atoms with van der Waals surface area (Å²) in [5, 5.41) is 0. The molecular formula is C29H31N3O2. The van der Waals surface area contributed by atoms with Gasteiger partial charge in [0.1, 0.15) is 6.54 Å². The Morgan fingerprint density at radius 1 is 1.00 bits per heavy atom. The molecule has 1 aliphatic rings. The number of hydrogen-bond donors (Lipinski definition) is 1. The van der Waals surface area contributed by atoms with Crippen molar-refractivity contribution in [2.24, 2.45) is 5.73 Å².